The van der Waals surface area contributed by atoms with Gasteiger partial charge in [0.25, 0.3) is 0 Å². The average molecular weight is 160 g/mol. The summed E-state index contributed by atoms with van der Waals surface area (Å²) in [6, 6.07) is 5.16. The summed E-state index contributed by atoms with van der Waals surface area (Å²) in [4.78, 5) is 15.3. The molecule has 0 saturated carbocycles. The number of benzene rings is 1. The number of nitrogens with two attached hydrogens (primary N) is 1. The lowest BCUT2D eigenvalue weighted by Crippen LogP contribution is -2.04. The lowest BCUT2D eigenvalue weighted by atomic mass is 10.0. The maximum absolute atomic E-state index is 11.3. The number of hydrogen-bond donors (Lipinski definition) is 1. The Bertz CT molecular complexity index is 369. The van der Waals surface area contributed by atoms with Crippen LogP contribution in [0.15, 0.2) is 23.2 Å². The third-order valence-electron chi connectivity index (χ3n) is 1.83. The number of nitrogens with zero attached hydrogens (tertiary/aromatic N) is 1. The van der Waals surface area contributed by atoms with Gasteiger partial charge in [-0.2, -0.15) is 0 Å². The summed E-state index contributed by atoms with van der Waals surface area (Å²) in [6.45, 7) is 0. The molecule has 0 aromatic heterocycles. The molecule has 0 spiro atoms. The molecule has 0 radical (unpaired) electrons. The lowest BCUT2D eigenvalue weighted by molar-refractivity contribution is 0.100. The largest absolute Gasteiger partial charge is 0.399 e. The van der Waals surface area contributed by atoms with E-state index in [1.165, 1.54) is 0 Å². The van der Waals surface area contributed by atoms with Crippen LogP contribution in [0.2, 0.25) is 0 Å². The van der Waals surface area contributed by atoms with Gasteiger partial charge in [-0.05, 0) is 18.2 Å². The molecule has 2 N–H and O–H groups in total. The van der Waals surface area contributed by atoms with Crippen LogP contribution in [0.3, 0.4) is 0 Å². The van der Waals surface area contributed by atoms with Crippen LogP contribution in [0.25, 0.3) is 0 Å². The number of Topliss-reactive ketones (excluding diaryl/α,β-unsaturated/α-hetero) is 1. The fourth-order valence-corrected chi connectivity index (χ4v) is 1.23. The molecular weight excluding hydrogens is 152 g/mol. The van der Waals surface area contributed by atoms with Crippen molar-refractivity contribution in [3.8, 4) is 0 Å². The number of carbonyl (C=O) groups excluding carboxylic acids is 1. The highest BCUT2D eigenvalue weighted by atomic mass is 16.1. The van der Waals surface area contributed by atoms with Crippen molar-refractivity contribution in [2.24, 2.45) is 4.99 Å². The molecule has 0 aliphatic carbocycles. The average Bonchev–Trinajstić information content (AvgIpc) is 2.04. The fourth-order valence-electron chi connectivity index (χ4n) is 1.23. The molecular formula is C9H8N2O. The third-order valence-corrected chi connectivity index (χ3v) is 1.83. The van der Waals surface area contributed by atoms with Crippen molar-refractivity contribution in [1.82, 2.24) is 0 Å². The van der Waals surface area contributed by atoms with Crippen molar-refractivity contribution < 1.29 is 4.79 Å². The van der Waals surface area contributed by atoms with E-state index in [1.54, 1.807) is 24.4 Å². The third kappa shape index (κ3) is 0.993. The number of anilines is 1. The van der Waals surface area contributed by atoms with Gasteiger partial charge in [-0.3, -0.25) is 9.79 Å². The van der Waals surface area contributed by atoms with Crippen molar-refractivity contribution in [3.63, 3.8) is 0 Å². The number of aliphatic imine (C=N–C) groups is 1. The van der Waals surface area contributed by atoms with Crippen LogP contribution in [0.4, 0.5) is 11.4 Å². The van der Waals surface area contributed by atoms with Crippen LogP contribution in [0, 0.1) is 0 Å². The van der Waals surface area contributed by atoms with Gasteiger partial charge in [0.05, 0.1) is 5.69 Å². The first-order valence-electron chi connectivity index (χ1n) is 3.72. The molecule has 1 aromatic carbocycles. The first-order valence-corrected chi connectivity index (χ1v) is 3.72. The van der Waals surface area contributed by atoms with Gasteiger partial charge in [0.15, 0.2) is 5.78 Å². The summed E-state index contributed by atoms with van der Waals surface area (Å²) in [5, 5.41) is 0. The molecule has 3 heteroatoms. The number of carbonyl (C=O) groups is 1. The molecule has 0 bridgehead atoms. The van der Waals surface area contributed by atoms with Crippen molar-refractivity contribution in [2.45, 2.75) is 6.42 Å². The summed E-state index contributed by atoms with van der Waals surface area (Å²) in [5.41, 5.74) is 7.54. The second kappa shape index (κ2) is 2.44. The second-order valence-electron chi connectivity index (χ2n) is 2.72. The Morgan fingerprint density at radius 1 is 1.42 bits per heavy atom. The SMILES string of the molecule is Nc1ccc2c(c1)N=CCC2=O. The molecule has 1 aromatic rings. The molecule has 0 atom stereocenters. The van der Waals surface area contributed by atoms with E-state index in [0.717, 1.165) is 0 Å². The smallest absolute Gasteiger partial charge is 0.170 e. The Kier molecular flexibility index (Phi) is 1.43. The molecule has 60 valence electrons. The van der Waals surface area contributed by atoms with E-state index in [0.29, 0.717) is 23.4 Å². The number of fused-ring (bicyclic) bond motifs is 1. The molecule has 0 fully saturated rings. The van der Waals surface area contributed by atoms with Gasteiger partial charge in [0.1, 0.15) is 0 Å². The van der Waals surface area contributed by atoms with Crippen molar-refractivity contribution in [3.05, 3.63) is 23.8 Å². The monoisotopic (exact) mass is 160 g/mol. The molecule has 12 heavy (non-hydrogen) atoms. The number of nitrogen functional groups attached to an aromatic ring is 1. The quantitative estimate of drug-likeness (QED) is 0.585. The normalized spacial score (nSPS) is 14.5. The van der Waals surface area contributed by atoms with Gasteiger partial charge in [0, 0.05) is 23.9 Å². The van der Waals surface area contributed by atoms with Crippen LogP contribution in [-0.2, 0) is 0 Å². The predicted octanol–water partition coefficient (Wildman–Crippen LogP) is 1.56. The number of rotatable bonds is 0. The number of hydrogen-bond acceptors (Lipinski definition) is 3. The van der Waals surface area contributed by atoms with E-state index in [2.05, 4.69) is 4.99 Å². The van der Waals surface area contributed by atoms with E-state index >= 15 is 0 Å². The van der Waals surface area contributed by atoms with Crippen LogP contribution in [0.1, 0.15) is 16.8 Å². The maximum Gasteiger partial charge on any atom is 0.170 e. The molecule has 3 nitrogen and oxygen atoms in total. The Hall–Kier alpha value is -1.64. The maximum atomic E-state index is 11.3. The molecule has 0 amide bonds. The highest BCUT2D eigenvalue weighted by Crippen LogP contribution is 2.25. The zero-order valence-electron chi connectivity index (χ0n) is 6.45. The highest BCUT2D eigenvalue weighted by Gasteiger charge is 2.13. The van der Waals surface area contributed by atoms with Gasteiger partial charge in [-0.25, -0.2) is 0 Å². The summed E-state index contributed by atoms with van der Waals surface area (Å²) >= 11 is 0. The van der Waals surface area contributed by atoms with Gasteiger partial charge in [0.2, 0.25) is 0 Å². The van der Waals surface area contributed by atoms with Gasteiger partial charge >= 0.3 is 0 Å². The Morgan fingerprint density at radius 3 is 3.08 bits per heavy atom. The van der Waals surface area contributed by atoms with E-state index in [4.69, 9.17) is 5.73 Å². The van der Waals surface area contributed by atoms with Gasteiger partial charge < -0.3 is 5.73 Å². The molecule has 0 saturated heterocycles. The first-order chi connectivity index (χ1) is 5.77. The lowest BCUT2D eigenvalue weighted by Gasteiger charge is -2.07. The standard InChI is InChI=1S/C9H8N2O/c10-6-1-2-7-8(5-6)11-4-3-9(7)12/h1-2,4-5H,3,10H2. The van der Waals surface area contributed by atoms with Gasteiger partial charge in [-0.1, -0.05) is 0 Å². The van der Waals surface area contributed by atoms with Crippen molar-refractivity contribution >= 4 is 23.4 Å². The Labute approximate surface area is 69.9 Å². The Morgan fingerprint density at radius 2 is 2.25 bits per heavy atom. The molecule has 0 unspecified atom stereocenters. The van der Waals surface area contributed by atoms with Crippen LogP contribution in [-0.4, -0.2) is 12.0 Å². The first kappa shape index (κ1) is 7.03. The fraction of sp³-hybridized carbons (Fsp3) is 0.111. The van der Waals surface area contributed by atoms with E-state index in [-0.39, 0.29) is 5.78 Å². The summed E-state index contributed by atoms with van der Waals surface area (Å²) in [5.74, 6) is 0.111. The second-order valence-corrected chi connectivity index (χ2v) is 2.72. The van der Waals surface area contributed by atoms with Crippen LogP contribution >= 0.6 is 0 Å². The van der Waals surface area contributed by atoms with Crippen molar-refractivity contribution in [2.75, 3.05) is 5.73 Å². The van der Waals surface area contributed by atoms with Crippen molar-refractivity contribution in [1.29, 1.82) is 0 Å². The van der Waals surface area contributed by atoms with E-state index < -0.39 is 0 Å². The van der Waals surface area contributed by atoms with Crippen LogP contribution in [0.5, 0.6) is 0 Å². The zero-order valence-corrected chi connectivity index (χ0v) is 6.45. The molecule has 1 heterocycles. The minimum atomic E-state index is 0.111. The van der Waals surface area contributed by atoms with E-state index in [1.807, 2.05) is 0 Å². The number of ketones is 1. The minimum absolute atomic E-state index is 0.111. The molecule has 2 rings (SSSR count). The molecule has 1 aliphatic rings. The molecule has 1 aliphatic heterocycles. The van der Waals surface area contributed by atoms with Gasteiger partial charge in [-0.15, -0.1) is 0 Å². The van der Waals surface area contributed by atoms with E-state index in [9.17, 15) is 4.79 Å². The summed E-state index contributed by atoms with van der Waals surface area (Å²) < 4.78 is 0. The summed E-state index contributed by atoms with van der Waals surface area (Å²) in [7, 11) is 0. The summed E-state index contributed by atoms with van der Waals surface area (Å²) in [6.07, 6.45) is 2.01. The van der Waals surface area contributed by atoms with Crippen LogP contribution < -0.4 is 5.73 Å². The zero-order chi connectivity index (χ0) is 8.55. The predicted molar refractivity (Wildman–Crippen MR) is 48.0 cm³/mol. The Balaban J connectivity index is 2.62. The minimum Gasteiger partial charge on any atom is -0.399 e. The highest BCUT2D eigenvalue weighted by molar-refractivity contribution is 6.10. The topological polar surface area (TPSA) is 55.4 Å².